The van der Waals surface area contributed by atoms with Crippen LogP contribution in [-0.4, -0.2) is 126 Å². The number of amides is 5. The molecule has 0 atom stereocenters. The van der Waals surface area contributed by atoms with Gasteiger partial charge in [0.05, 0.1) is 41.1 Å². The summed E-state index contributed by atoms with van der Waals surface area (Å²) in [4.78, 5) is 79.3. The van der Waals surface area contributed by atoms with Gasteiger partial charge in [0.2, 0.25) is 29.6 Å². The highest BCUT2D eigenvalue weighted by Gasteiger charge is 2.30. The number of nitrogens with one attached hydrogen (secondary N) is 2. The van der Waals surface area contributed by atoms with Gasteiger partial charge in [-0.05, 0) is 115 Å². The summed E-state index contributed by atoms with van der Waals surface area (Å²) in [6.07, 6.45) is 7.76. The van der Waals surface area contributed by atoms with Crippen molar-refractivity contribution in [3.8, 4) is 5.75 Å². The van der Waals surface area contributed by atoms with Gasteiger partial charge in [0.25, 0.3) is 11.8 Å². The number of imidazole rings is 2. The summed E-state index contributed by atoms with van der Waals surface area (Å²) in [5, 5.41) is 24.0. The lowest BCUT2D eigenvalue weighted by molar-refractivity contribution is -0.133. The molecule has 0 saturated carbocycles. The van der Waals surface area contributed by atoms with Gasteiger partial charge in [-0.1, -0.05) is 26.0 Å². The lowest BCUT2D eigenvalue weighted by Gasteiger charge is -2.33. The second-order valence-electron chi connectivity index (χ2n) is 19.9. The van der Waals surface area contributed by atoms with Crippen LogP contribution in [0.15, 0.2) is 54.6 Å². The van der Waals surface area contributed by atoms with E-state index in [1.54, 1.807) is 51.8 Å². The van der Waals surface area contributed by atoms with Gasteiger partial charge in [0, 0.05) is 69.3 Å². The molecule has 0 bridgehead atoms. The van der Waals surface area contributed by atoms with Crippen LogP contribution in [0, 0.1) is 19.8 Å². The van der Waals surface area contributed by atoms with Crippen molar-refractivity contribution >= 4 is 63.5 Å². The second kappa shape index (κ2) is 22.7. The highest BCUT2D eigenvalue weighted by Crippen LogP contribution is 2.33. The van der Waals surface area contributed by atoms with Crippen LogP contribution in [0.4, 0.5) is 11.9 Å². The molecule has 5 amide bonds. The summed E-state index contributed by atoms with van der Waals surface area (Å²) in [5.74, 6) is 1.51. The molecule has 0 radical (unpaired) electrons. The molecule has 1 saturated heterocycles. The van der Waals surface area contributed by atoms with E-state index in [1.165, 1.54) is 0 Å². The Balaban J connectivity index is 0.927. The zero-order chi connectivity index (χ0) is 53.8. The minimum Gasteiger partial charge on any atom is -0.491 e. The third kappa shape index (κ3) is 11.4. The minimum absolute atomic E-state index is 0.179. The molecule has 76 heavy (non-hydrogen) atoms. The van der Waals surface area contributed by atoms with Crippen LogP contribution in [0.5, 0.6) is 5.75 Å². The fourth-order valence-electron chi connectivity index (χ4n) is 10.1. The number of aromatic nitrogens is 11. The van der Waals surface area contributed by atoms with Crippen molar-refractivity contribution < 1.29 is 28.7 Å². The first-order valence-corrected chi connectivity index (χ1v) is 26.1. The molecule has 7 aromatic rings. The van der Waals surface area contributed by atoms with Crippen LogP contribution >= 0.6 is 0 Å². The number of anilines is 2. The van der Waals surface area contributed by atoms with Crippen molar-refractivity contribution in [2.75, 3.05) is 43.4 Å². The molecule has 6 N–H and O–H groups in total. The number of likely N-dealkylation sites (tertiary alicyclic amines) is 1. The van der Waals surface area contributed by atoms with Crippen LogP contribution in [0.25, 0.3) is 22.1 Å². The maximum atomic E-state index is 14.0. The van der Waals surface area contributed by atoms with E-state index in [9.17, 15) is 24.0 Å². The van der Waals surface area contributed by atoms with Crippen molar-refractivity contribution in [1.29, 1.82) is 0 Å². The Hall–Kier alpha value is -8.21. The number of rotatable bonds is 21. The molecule has 0 aliphatic carbocycles. The van der Waals surface area contributed by atoms with E-state index in [0.717, 1.165) is 50.5 Å². The number of hydrogen-bond acceptors (Lipinski definition) is 13. The SMILES string of the molecule is CCn1nc(C)cc1C(=O)Nc1nc2cc(C(N)=O)ccc2n1C/C=C/Cn1c(NC(=O)c2cc(C)nn2CC)nc2cc(C(N)=O)cc(OCCCN3CCC(c4nnc5n4CCN(C(=O)CCC(C)C)C5)CC3)c21. The Kier molecular flexibility index (Phi) is 15.7. The first-order valence-electron chi connectivity index (χ1n) is 26.1. The van der Waals surface area contributed by atoms with E-state index in [4.69, 9.17) is 26.2 Å². The minimum atomic E-state index is -0.661. The van der Waals surface area contributed by atoms with Crippen LogP contribution in [0.1, 0.15) is 130 Å². The molecule has 7 heterocycles. The number of hydrogen-bond donors (Lipinski definition) is 4. The van der Waals surface area contributed by atoms with Gasteiger partial charge < -0.3 is 39.7 Å². The topological polar surface area (TPSA) is 279 Å². The molecule has 5 aromatic heterocycles. The van der Waals surface area contributed by atoms with Crippen LogP contribution in [-0.2, 0) is 44.1 Å². The average Bonchev–Trinajstić information content (AvgIpc) is 4.24. The molecule has 23 nitrogen and oxygen atoms in total. The number of carbonyl (C=O) groups is 5. The molecule has 2 aliphatic rings. The van der Waals surface area contributed by atoms with Gasteiger partial charge >= 0.3 is 0 Å². The van der Waals surface area contributed by atoms with Gasteiger partial charge in [-0.15, -0.1) is 10.2 Å². The molecule has 2 aromatic carbocycles. The fourth-order valence-corrected chi connectivity index (χ4v) is 10.1. The Bertz CT molecular complexity index is 3350. The third-order valence-corrected chi connectivity index (χ3v) is 14.1. The maximum Gasteiger partial charge on any atom is 0.276 e. The molecule has 0 unspecified atom stereocenters. The van der Waals surface area contributed by atoms with Gasteiger partial charge in [-0.2, -0.15) is 10.2 Å². The molecular weight excluding hydrogens is 971 g/mol. The van der Waals surface area contributed by atoms with Crippen molar-refractivity contribution in [3.05, 3.63) is 100 Å². The van der Waals surface area contributed by atoms with Crippen molar-refractivity contribution in [1.82, 2.24) is 63.2 Å². The Morgan fingerprint density at radius 3 is 2.01 bits per heavy atom. The number of allylic oxidation sites excluding steroid dienone is 2. The second-order valence-corrected chi connectivity index (χ2v) is 19.9. The van der Waals surface area contributed by atoms with Crippen LogP contribution < -0.4 is 26.8 Å². The normalized spacial score (nSPS) is 14.3. The predicted molar refractivity (Wildman–Crippen MR) is 285 cm³/mol. The molecule has 1 fully saturated rings. The lowest BCUT2D eigenvalue weighted by atomic mass is 9.95. The van der Waals surface area contributed by atoms with Gasteiger partial charge in [-0.25, -0.2) is 9.97 Å². The van der Waals surface area contributed by atoms with E-state index in [-0.39, 0.29) is 47.9 Å². The number of nitrogens with two attached hydrogens (primary N) is 2. The van der Waals surface area contributed by atoms with Gasteiger partial charge in [-0.3, -0.25) is 44.0 Å². The fraction of sp³-hybridized carbons (Fsp3) is 0.453. The van der Waals surface area contributed by atoms with Crippen molar-refractivity contribution in [3.63, 3.8) is 0 Å². The van der Waals surface area contributed by atoms with E-state index in [1.807, 2.05) is 53.9 Å². The molecule has 9 rings (SSSR count). The van der Waals surface area contributed by atoms with Crippen LogP contribution in [0.2, 0.25) is 0 Å². The standard InChI is InChI=1S/C53H67N17O6/c1-7-69-41(26-33(5)62-69)50(74)58-52-56-38-28-36(47(54)72)13-14-40(38)66(52)19-9-10-20-68-46-39(57-53(68)59-51(75)42-27-34(6)63-70(42)8-2)29-37(48(55)73)30-43(46)76-25-11-18-64-21-16-35(17-22-64)49-61-60-44-31-65(23-24-67(44)49)45(71)15-12-32(3)4/h9-10,13-14,26-30,32,35H,7-8,11-12,15-25,31H2,1-6H3,(H2,54,72)(H2,55,73)(H,56,58,74)(H,57,59,75)/b10-9+. The number of nitrogens with zero attached hydrogens (tertiary/aromatic N) is 13. The molecular formula is C53H67N17O6. The summed E-state index contributed by atoms with van der Waals surface area (Å²) in [7, 11) is 0. The van der Waals surface area contributed by atoms with Crippen molar-refractivity contribution in [2.45, 2.75) is 119 Å². The number of fused-ring (bicyclic) bond motifs is 3. The lowest BCUT2D eigenvalue weighted by Crippen LogP contribution is -2.39. The van der Waals surface area contributed by atoms with Crippen molar-refractivity contribution in [2.24, 2.45) is 17.4 Å². The van der Waals surface area contributed by atoms with Gasteiger partial charge in [0.15, 0.2) is 5.82 Å². The number of primary amides is 2. The highest BCUT2D eigenvalue weighted by molar-refractivity contribution is 6.05. The first kappa shape index (κ1) is 52.6. The number of ether oxygens (including phenoxy) is 1. The Morgan fingerprint density at radius 2 is 1.38 bits per heavy atom. The summed E-state index contributed by atoms with van der Waals surface area (Å²) in [6, 6.07) is 11.5. The summed E-state index contributed by atoms with van der Waals surface area (Å²) < 4.78 is 15.6. The molecule has 23 heteroatoms. The molecule has 400 valence electrons. The Labute approximate surface area is 439 Å². The number of carbonyl (C=O) groups excluding carboxylic acids is 5. The summed E-state index contributed by atoms with van der Waals surface area (Å²) in [6.45, 7) is 17.8. The number of benzene rings is 2. The predicted octanol–water partition coefficient (Wildman–Crippen LogP) is 5.41. The Morgan fingerprint density at radius 1 is 0.763 bits per heavy atom. The monoisotopic (exact) mass is 1040 g/mol. The quantitative estimate of drug-likeness (QED) is 0.0518. The van der Waals surface area contributed by atoms with E-state index in [0.29, 0.717) is 109 Å². The average molecular weight is 1040 g/mol. The highest BCUT2D eigenvalue weighted by atomic mass is 16.5. The largest absolute Gasteiger partial charge is 0.491 e. The van der Waals surface area contributed by atoms with Crippen LogP contribution in [0.3, 0.4) is 0 Å². The van der Waals surface area contributed by atoms with E-state index >= 15 is 0 Å². The van der Waals surface area contributed by atoms with Gasteiger partial charge in [0.1, 0.15) is 28.5 Å². The number of piperidine rings is 1. The maximum absolute atomic E-state index is 14.0. The third-order valence-electron chi connectivity index (χ3n) is 14.1. The zero-order valence-electron chi connectivity index (χ0n) is 44.1. The van der Waals surface area contributed by atoms with E-state index in [2.05, 4.69) is 54.3 Å². The van der Waals surface area contributed by atoms with E-state index < -0.39 is 23.6 Å². The molecule has 2 aliphatic heterocycles. The molecule has 0 spiro atoms. The zero-order valence-corrected chi connectivity index (χ0v) is 44.1. The summed E-state index contributed by atoms with van der Waals surface area (Å²) >= 11 is 0. The smallest absolute Gasteiger partial charge is 0.276 e. The first-order chi connectivity index (χ1) is 36.6. The summed E-state index contributed by atoms with van der Waals surface area (Å²) in [5.41, 5.74) is 16.1. The number of aryl methyl sites for hydroxylation is 4.